The van der Waals surface area contributed by atoms with Crippen LogP contribution in [0.1, 0.15) is 23.3 Å². The Hall–Kier alpha value is -2.33. The molecule has 24 heavy (non-hydrogen) atoms. The van der Waals surface area contributed by atoms with Crippen LogP contribution >= 0.6 is 11.6 Å². The third kappa shape index (κ3) is 1.86. The van der Waals surface area contributed by atoms with Gasteiger partial charge in [0.2, 0.25) is 0 Å². The maximum Gasteiger partial charge on any atom is 0.271 e. The minimum Gasteiger partial charge on any atom is -0.333 e. The highest BCUT2D eigenvalue weighted by atomic mass is 35.5. The maximum absolute atomic E-state index is 13.2. The second kappa shape index (κ2) is 5.08. The number of rotatable bonds is 1. The fourth-order valence-electron chi connectivity index (χ4n) is 4.12. The van der Waals surface area contributed by atoms with Gasteiger partial charge >= 0.3 is 0 Å². The molecule has 120 valence electrons. The number of benzene rings is 1. The summed E-state index contributed by atoms with van der Waals surface area (Å²) < 4.78 is 2.17. The summed E-state index contributed by atoms with van der Waals surface area (Å²) in [7, 11) is 0. The van der Waals surface area contributed by atoms with Gasteiger partial charge in [-0.2, -0.15) is 0 Å². The van der Waals surface area contributed by atoms with Gasteiger partial charge in [-0.05, 0) is 42.7 Å². The van der Waals surface area contributed by atoms with E-state index in [0.29, 0.717) is 11.1 Å². The topological polar surface area (TPSA) is 38.1 Å². The van der Waals surface area contributed by atoms with Crippen molar-refractivity contribution in [1.29, 1.82) is 0 Å². The van der Waals surface area contributed by atoms with Crippen molar-refractivity contribution in [2.75, 3.05) is 6.54 Å². The van der Waals surface area contributed by atoms with E-state index in [9.17, 15) is 4.79 Å². The molecule has 3 aromatic rings. The Balaban J connectivity index is 1.83. The number of carbonyl (C=O) groups excluding carboxylic acids is 1. The van der Waals surface area contributed by atoms with Crippen molar-refractivity contribution < 1.29 is 4.79 Å². The van der Waals surface area contributed by atoms with Crippen molar-refractivity contribution in [1.82, 2.24) is 14.5 Å². The summed E-state index contributed by atoms with van der Waals surface area (Å²) in [6.45, 7) is 1.72. The fraction of sp³-hybridized carbons (Fsp3) is 0.263. The van der Waals surface area contributed by atoms with Crippen LogP contribution < -0.4 is 0 Å². The van der Waals surface area contributed by atoms with Crippen LogP contribution in [-0.2, 0) is 6.54 Å². The molecule has 4 nitrogen and oxygen atoms in total. The number of pyridine rings is 1. The lowest BCUT2D eigenvalue weighted by Gasteiger charge is -2.32. The number of carbonyl (C=O) groups is 1. The minimum absolute atomic E-state index is 0.131. The Morgan fingerprint density at radius 1 is 1.17 bits per heavy atom. The molecule has 5 rings (SSSR count). The number of halogens is 1. The van der Waals surface area contributed by atoms with Crippen molar-refractivity contribution >= 4 is 28.5 Å². The van der Waals surface area contributed by atoms with E-state index in [-0.39, 0.29) is 5.91 Å². The van der Waals surface area contributed by atoms with Crippen LogP contribution in [0.2, 0.25) is 5.02 Å². The van der Waals surface area contributed by atoms with Crippen molar-refractivity contribution in [2.24, 2.45) is 0 Å². The van der Waals surface area contributed by atoms with Crippen LogP contribution in [0, 0.1) is 0 Å². The van der Waals surface area contributed by atoms with Crippen LogP contribution in [0.4, 0.5) is 0 Å². The first-order valence-electron chi connectivity index (χ1n) is 8.28. The molecule has 0 spiro atoms. The van der Waals surface area contributed by atoms with Crippen LogP contribution in [-0.4, -0.2) is 32.9 Å². The zero-order chi connectivity index (χ0) is 16.3. The van der Waals surface area contributed by atoms with Gasteiger partial charge in [-0.25, -0.2) is 0 Å². The number of hydrogen-bond donors (Lipinski definition) is 0. The average molecular weight is 338 g/mol. The van der Waals surface area contributed by atoms with Gasteiger partial charge in [0.25, 0.3) is 5.91 Å². The molecular formula is C19H16ClN3O. The lowest BCUT2D eigenvalue weighted by molar-refractivity contribution is 0.0673. The number of hydrogen-bond acceptors (Lipinski definition) is 2. The van der Waals surface area contributed by atoms with Gasteiger partial charge < -0.3 is 9.47 Å². The Kier molecular flexibility index (Phi) is 2.98. The molecule has 1 saturated heterocycles. The first-order chi connectivity index (χ1) is 11.7. The fourth-order valence-corrected chi connectivity index (χ4v) is 4.24. The molecule has 1 atom stereocenters. The normalized spacial score (nSPS) is 19.6. The Morgan fingerprint density at radius 3 is 2.83 bits per heavy atom. The third-order valence-corrected chi connectivity index (χ3v) is 5.44. The summed E-state index contributed by atoms with van der Waals surface area (Å²) >= 11 is 6.04. The van der Waals surface area contributed by atoms with Gasteiger partial charge in [0.1, 0.15) is 5.69 Å². The number of aromatic nitrogens is 2. The summed E-state index contributed by atoms with van der Waals surface area (Å²) in [6, 6.07) is 12.0. The molecular weight excluding hydrogens is 322 g/mol. The SMILES string of the molecule is O=C1c2c(-c3ccc(Cl)cc3)c3ncccc3n2C[C@@H]2CCCN12. The maximum atomic E-state index is 13.2. The zero-order valence-electron chi connectivity index (χ0n) is 13.1. The molecule has 0 N–H and O–H groups in total. The van der Waals surface area contributed by atoms with Gasteiger partial charge in [-0.3, -0.25) is 9.78 Å². The molecule has 2 aliphatic rings. The van der Waals surface area contributed by atoms with Gasteiger partial charge in [0.15, 0.2) is 0 Å². The van der Waals surface area contributed by atoms with Crippen molar-refractivity contribution in [3.63, 3.8) is 0 Å². The standard InChI is InChI=1S/C19H16ClN3O/c20-13-7-5-12(6-8-13)16-17-15(4-1-9-21-17)23-11-14-3-2-10-22(14)19(24)18(16)23/h1,4-9,14H,2-3,10-11H2/t14-/m0/s1. The molecule has 0 saturated carbocycles. The van der Waals surface area contributed by atoms with E-state index < -0.39 is 0 Å². The predicted octanol–water partition coefficient (Wildman–Crippen LogP) is 3.97. The zero-order valence-corrected chi connectivity index (χ0v) is 13.8. The molecule has 2 aromatic heterocycles. The molecule has 0 unspecified atom stereocenters. The van der Waals surface area contributed by atoms with Crippen molar-refractivity contribution in [3.8, 4) is 11.1 Å². The summed E-state index contributed by atoms with van der Waals surface area (Å²) in [5, 5.41) is 0.690. The molecule has 0 aliphatic carbocycles. The highest BCUT2D eigenvalue weighted by Crippen LogP contribution is 2.39. The Bertz CT molecular complexity index is 961. The molecule has 0 radical (unpaired) electrons. The lowest BCUT2D eigenvalue weighted by Crippen LogP contribution is -2.44. The van der Waals surface area contributed by atoms with Crippen molar-refractivity contribution in [2.45, 2.75) is 25.4 Å². The quantitative estimate of drug-likeness (QED) is 0.673. The largest absolute Gasteiger partial charge is 0.333 e. The molecule has 0 bridgehead atoms. The Morgan fingerprint density at radius 2 is 2.00 bits per heavy atom. The van der Waals surface area contributed by atoms with Crippen molar-refractivity contribution in [3.05, 3.63) is 53.3 Å². The first-order valence-corrected chi connectivity index (χ1v) is 8.66. The second-order valence-electron chi connectivity index (χ2n) is 6.51. The summed E-state index contributed by atoms with van der Waals surface area (Å²) in [5.41, 5.74) is 4.62. The van der Waals surface area contributed by atoms with Gasteiger partial charge in [-0.15, -0.1) is 0 Å². The smallest absolute Gasteiger partial charge is 0.271 e. The van der Waals surface area contributed by atoms with E-state index in [4.69, 9.17) is 11.6 Å². The van der Waals surface area contributed by atoms with E-state index in [1.807, 2.05) is 35.2 Å². The molecule has 5 heteroatoms. The van der Waals surface area contributed by atoms with E-state index in [2.05, 4.69) is 15.6 Å². The van der Waals surface area contributed by atoms with Gasteiger partial charge in [0, 0.05) is 29.9 Å². The van der Waals surface area contributed by atoms with Crippen LogP contribution in [0.5, 0.6) is 0 Å². The summed E-state index contributed by atoms with van der Waals surface area (Å²) in [5.74, 6) is 0.131. The third-order valence-electron chi connectivity index (χ3n) is 5.19. The Labute approximate surface area is 144 Å². The van der Waals surface area contributed by atoms with Crippen LogP contribution in [0.3, 0.4) is 0 Å². The highest BCUT2D eigenvalue weighted by molar-refractivity contribution is 6.30. The monoisotopic (exact) mass is 337 g/mol. The van der Waals surface area contributed by atoms with E-state index in [1.54, 1.807) is 6.20 Å². The van der Waals surface area contributed by atoms with E-state index in [0.717, 1.165) is 53.8 Å². The van der Waals surface area contributed by atoms with E-state index >= 15 is 0 Å². The highest BCUT2D eigenvalue weighted by Gasteiger charge is 2.39. The summed E-state index contributed by atoms with van der Waals surface area (Å²) in [4.78, 5) is 19.8. The second-order valence-corrected chi connectivity index (χ2v) is 6.94. The average Bonchev–Trinajstić information content (AvgIpc) is 3.19. The van der Waals surface area contributed by atoms with Gasteiger partial charge in [0.05, 0.1) is 17.1 Å². The predicted molar refractivity (Wildman–Crippen MR) is 94.2 cm³/mol. The van der Waals surface area contributed by atoms with Crippen LogP contribution in [0.25, 0.3) is 22.2 Å². The lowest BCUT2D eigenvalue weighted by atomic mass is 10.0. The molecule has 2 aliphatic heterocycles. The number of nitrogens with zero attached hydrogens (tertiary/aromatic N) is 3. The number of amides is 1. The molecule has 1 fully saturated rings. The van der Waals surface area contributed by atoms with Crippen LogP contribution in [0.15, 0.2) is 42.6 Å². The van der Waals surface area contributed by atoms with E-state index in [1.165, 1.54) is 0 Å². The molecule has 1 aromatic carbocycles. The molecule has 1 amide bonds. The number of fused-ring (bicyclic) bond motifs is 4. The first kappa shape index (κ1) is 14.1. The van der Waals surface area contributed by atoms with Gasteiger partial charge in [-0.1, -0.05) is 23.7 Å². The summed E-state index contributed by atoms with van der Waals surface area (Å²) in [6.07, 6.45) is 3.97. The minimum atomic E-state index is 0.131. The molecule has 4 heterocycles.